The van der Waals surface area contributed by atoms with Gasteiger partial charge in [-0.1, -0.05) is 13.8 Å². The SMILES string of the molecule is CN(C(=O)OC(C)(C)C)[C@@H]1[C@@H](O)[C@@H](O[C@@H]2[C@@H](O)[C@H](O[C@H]3OC(CN)=CC[C@H]3NC(=O)OC(C)(C)C)[C@@H](NC(=O)OC(C)(C)C)C[C@H]2N)OCC1(C)C. The Kier molecular flexibility index (Phi) is 13.9. The molecule has 2 fully saturated rings. The van der Waals surface area contributed by atoms with Gasteiger partial charge in [-0.3, -0.25) is 0 Å². The zero-order valence-corrected chi connectivity index (χ0v) is 32.8. The molecule has 0 unspecified atom stereocenters. The van der Waals surface area contributed by atoms with Crippen molar-refractivity contribution < 1.29 is 57.8 Å². The van der Waals surface area contributed by atoms with E-state index in [0.717, 1.165) is 0 Å². The number of rotatable bonds is 8. The summed E-state index contributed by atoms with van der Waals surface area (Å²) in [6.45, 7) is 19.3. The Balaban J connectivity index is 1.91. The van der Waals surface area contributed by atoms with Gasteiger partial charge in [-0.05, 0) is 81.2 Å². The molecule has 1 saturated heterocycles. The largest absolute Gasteiger partial charge is 0.466 e. The van der Waals surface area contributed by atoms with E-state index in [1.54, 1.807) is 68.4 Å². The van der Waals surface area contributed by atoms with Crippen molar-refractivity contribution in [3.05, 3.63) is 11.8 Å². The van der Waals surface area contributed by atoms with Gasteiger partial charge in [0.05, 0.1) is 31.3 Å². The highest BCUT2D eigenvalue weighted by Crippen LogP contribution is 2.37. The number of alkyl carbamates (subject to hydrolysis) is 2. The van der Waals surface area contributed by atoms with Crippen molar-refractivity contribution >= 4 is 18.3 Å². The van der Waals surface area contributed by atoms with Crippen LogP contribution < -0.4 is 22.1 Å². The second-order valence-electron chi connectivity index (χ2n) is 17.4. The van der Waals surface area contributed by atoms with Crippen molar-refractivity contribution in [2.24, 2.45) is 16.9 Å². The first kappa shape index (κ1) is 43.5. The fourth-order valence-corrected chi connectivity index (χ4v) is 6.41. The third kappa shape index (κ3) is 12.0. The van der Waals surface area contributed by atoms with Gasteiger partial charge in [0.1, 0.15) is 47.0 Å². The molecule has 52 heavy (non-hydrogen) atoms. The lowest BCUT2D eigenvalue weighted by atomic mass is 9.79. The van der Waals surface area contributed by atoms with Gasteiger partial charge in [0, 0.05) is 18.5 Å². The van der Waals surface area contributed by atoms with Crippen LogP contribution in [0.3, 0.4) is 0 Å². The molecule has 3 aliphatic rings. The second kappa shape index (κ2) is 16.6. The van der Waals surface area contributed by atoms with Gasteiger partial charge in [0.2, 0.25) is 6.29 Å². The molecule has 2 heterocycles. The Hall–Kier alpha value is -2.93. The Labute approximate surface area is 307 Å². The minimum Gasteiger partial charge on any atom is -0.466 e. The van der Waals surface area contributed by atoms with Crippen LogP contribution in [0.1, 0.15) is 89.0 Å². The number of aliphatic hydroxyl groups is 2. The summed E-state index contributed by atoms with van der Waals surface area (Å²) in [7, 11) is 1.53. The third-order valence-corrected chi connectivity index (χ3v) is 8.52. The van der Waals surface area contributed by atoms with Gasteiger partial charge in [-0.15, -0.1) is 0 Å². The lowest BCUT2D eigenvalue weighted by Gasteiger charge is -2.51. The van der Waals surface area contributed by atoms with Crippen LogP contribution >= 0.6 is 0 Å². The van der Waals surface area contributed by atoms with Crippen molar-refractivity contribution in [2.75, 3.05) is 20.2 Å². The molecular weight excluding hydrogens is 682 g/mol. The van der Waals surface area contributed by atoms with Gasteiger partial charge in [0.25, 0.3) is 0 Å². The maximum absolute atomic E-state index is 13.1. The maximum Gasteiger partial charge on any atom is 0.410 e. The first-order chi connectivity index (χ1) is 23.7. The van der Waals surface area contributed by atoms with Crippen LogP contribution in [0.2, 0.25) is 0 Å². The van der Waals surface area contributed by atoms with E-state index in [1.165, 1.54) is 11.9 Å². The Morgan fingerprint density at radius 1 is 0.865 bits per heavy atom. The highest BCUT2D eigenvalue weighted by Gasteiger charge is 2.53. The number of likely N-dealkylation sites (N-methyl/N-ethyl adjacent to an activating group) is 1. The topological polar surface area (TPSA) is 236 Å². The summed E-state index contributed by atoms with van der Waals surface area (Å²) in [5.41, 5.74) is 9.36. The van der Waals surface area contributed by atoms with Crippen LogP contribution in [0.25, 0.3) is 0 Å². The molecule has 0 radical (unpaired) electrons. The fraction of sp³-hybridized carbons (Fsp3) is 0.857. The van der Waals surface area contributed by atoms with E-state index in [-0.39, 0.29) is 26.0 Å². The number of ether oxygens (including phenoxy) is 7. The zero-order chi connectivity index (χ0) is 39.6. The highest BCUT2D eigenvalue weighted by atomic mass is 16.7. The highest BCUT2D eigenvalue weighted by molar-refractivity contribution is 5.69. The Morgan fingerprint density at radius 3 is 1.90 bits per heavy atom. The molecule has 300 valence electrons. The molecule has 8 N–H and O–H groups in total. The second-order valence-corrected chi connectivity index (χ2v) is 17.4. The van der Waals surface area contributed by atoms with Gasteiger partial charge in [-0.25, -0.2) is 14.4 Å². The molecule has 3 rings (SSSR count). The van der Waals surface area contributed by atoms with E-state index in [1.807, 2.05) is 13.8 Å². The van der Waals surface area contributed by atoms with Crippen molar-refractivity contribution in [2.45, 2.75) is 167 Å². The molecule has 2 aliphatic heterocycles. The minimum absolute atomic E-state index is 0.0254. The van der Waals surface area contributed by atoms with E-state index >= 15 is 0 Å². The summed E-state index contributed by atoms with van der Waals surface area (Å²) in [6, 6.07) is -3.45. The van der Waals surface area contributed by atoms with Crippen LogP contribution in [0.4, 0.5) is 14.4 Å². The van der Waals surface area contributed by atoms with Crippen LogP contribution in [-0.2, 0) is 33.2 Å². The predicted molar refractivity (Wildman–Crippen MR) is 189 cm³/mol. The number of nitrogens with two attached hydrogens (primary N) is 2. The molecule has 17 nitrogen and oxygen atoms in total. The standard InChI is InChI=1S/C35H63N5O12/c1-32(2,3)50-29(43)38-20-14-13-18(16-36)47-27(20)49-25-21(39-30(44)51-33(4,5)6)15-19(37)24(22(25)41)48-28-23(42)26(35(10,11)17-46-28)40(12)31(45)52-34(7,8)9/h13,19-28,41-42H,14-17,36-37H2,1-12H3,(H,38,43)(H,39,44)/t19-,20-,21+,22-,23-,24+,25-,26-,27-,28-/m1/s1. The van der Waals surface area contributed by atoms with E-state index in [2.05, 4.69) is 10.6 Å². The van der Waals surface area contributed by atoms with E-state index in [0.29, 0.717) is 5.76 Å². The van der Waals surface area contributed by atoms with Crippen molar-refractivity contribution in [3.63, 3.8) is 0 Å². The average Bonchev–Trinajstić information content (AvgIpc) is 2.95. The number of nitrogens with zero attached hydrogens (tertiary/aromatic N) is 1. The smallest absolute Gasteiger partial charge is 0.410 e. The summed E-state index contributed by atoms with van der Waals surface area (Å²) in [6.07, 6.45) is -8.06. The molecular formula is C35H63N5O12. The number of aliphatic hydroxyl groups excluding tert-OH is 2. The minimum atomic E-state index is -1.55. The molecule has 0 aromatic carbocycles. The monoisotopic (exact) mass is 745 g/mol. The van der Waals surface area contributed by atoms with Gasteiger partial charge in [-0.2, -0.15) is 0 Å². The Morgan fingerprint density at radius 2 is 1.38 bits per heavy atom. The Bertz CT molecular complexity index is 1280. The van der Waals surface area contributed by atoms with Gasteiger partial charge >= 0.3 is 18.3 Å². The maximum atomic E-state index is 13.1. The third-order valence-electron chi connectivity index (χ3n) is 8.52. The predicted octanol–water partition coefficient (Wildman–Crippen LogP) is 2.20. The lowest BCUT2D eigenvalue weighted by Crippen LogP contribution is -2.68. The number of nitrogens with one attached hydrogen (secondary N) is 2. The summed E-state index contributed by atoms with van der Waals surface area (Å²) >= 11 is 0. The first-order valence-electron chi connectivity index (χ1n) is 17.8. The van der Waals surface area contributed by atoms with Crippen molar-refractivity contribution in [1.29, 1.82) is 0 Å². The number of carbonyl (C=O) groups is 3. The molecule has 0 aromatic heterocycles. The molecule has 17 heteroatoms. The van der Waals surface area contributed by atoms with Crippen molar-refractivity contribution in [1.82, 2.24) is 15.5 Å². The number of carbonyl (C=O) groups excluding carboxylic acids is 3. The van der Waals surface area contributed by atoms with Crippen molar-refractivity contribution in [3.8, 4) is 0 Å². The van der Waals surface area contributed by atoms with Crippen LogP contribution in [0.15, 0.2) is 11.8 Å². The molecule has 0 aromatic rings. The summed E-state index contributed by atoms with van der Waals surface area (Å²) in [5.74, 6) is 0.389. The molecule has 0 spiro atoms. The summed E-state index contributed by atoms with van der Waals surface area (Å²) < 4.78 is 41.1. The number of hydrogen-bond donors (Lipinski definition) is 6. The molecule has 1 aliphatic carbocycles. The van der Waals surface area contributed by atoms with E-state index in [4.69, 9.17) is 44.6 Å². The van der Waals surface area contributed by atoms with E-state index in [9.17, 15) is 24.6 Å². The quantitative estimate of drug-likeness (QED) is 0.196. The average molecular weight is 746 g/mol. The van der Waals surface area contributed by atoms with Gasteiger partial charge in [0.15, 0.2) is 6.29 Å². The first-order valence-corrected chi connectivity index (χ1v) is 17.8. The number of amides is 3. The van der Waals surface area contributed by atoms with Crippen LogP contribution in [0.5, 0.6) is 0 Å². The molecule has 10 atom stereocenters. The van der Waals surface area contributed by atoms with Crippen LogP contribution in [0, 0.1) is 5.41 Å². The fourth-order valence-electron chi connectivity index (χ4n) is 6.41. The van der Waals surface area contributed by atoms with Crippen LogP contribution in [-0.4, -0.2) is 132 Å². The normalized spacial score (nSPS) is 32.4. The molecule has 1 saturated carbocycles. The molecule has 3 amide bonds. The van der Waals surface area contributed by atoms with Gasteiger partial charge < -0.3 is 70.4 Å². The summed E-state index contributed by atoms with van der Waals surface area (Å²) in [5, 5.41) is 29.1. The van der Waals surface area contributed by atoms with E-state index < -0.39 is 102 Å². The number of hydrogen-bond acceptors (Lipinski definition) is 14. The lowest BCUT2D eigenvalue weighted by molar-refractivity contribution is -0.300. The zero-order valence-electron chi connectivity index (χ0n) is 32.8. The molecule has 0 bridgehead atoms. The summed E-state index contributed by atoms with van der Waals surface area (Å²) in [4.78, 5) is 40.2.